The molecule has 0 N–H and O–H groups in total. The maximum Gasteiger partial charge on any atom is 0.348 e. The van der Waals surface area contributed by atoms with Gasteiger partial charge >= 0.3 is 5.97 Å². The van der Waals surface area contributed by atoms with E-state index in [2.05, 4.69) is 4.74 Å². The van der Waals surface area contributed by atoms with Crippen LogP contribution in [0.4, 0.5) is 0 Å². The summed E-state index contributed by atoms with van der Waals surface area (Å²) in [7, 11) is 1.40. The SMILES string of the molecule is COC(=O)c1cc2ccccc2s1.Cl. The van der Waals surface area contributed by atoms with Crippen LogP contribution in [0.1, 0.15) is 9.67 Å². The van der Waals surface area contributed by atoms with E-state index in [1.807, 2.05) is 30.3 Å². The number of hydrogen-bond acceptors (Lipinski definition) is 3. The molecule has 0 aliphatic heterocycles. The number of halogens is 1. The number of carbonyl (C=O) groups excluding carboxylic acids is 1. The van der Waals surface area contributed by atoms with Gasteiger partial charge in [0, 0.05) is 4.70 Å². The van der Waals surface area contributed by atoms with Crippen molar-refractivity contribution in [1.82, 2.24) is 0 Å². The summed E-state index contributed by atoms with van der Waals surface area (Å²) in [4.78, 5) is 11.8. The molecule has 1 aromatic carbocycles. The topological polar surface area (TPSA) is 26.3 Å². The Morgan fingerprint density at radius 3 is 2.71 bits per heavy atom. The highest BCUT2D eigenvalue weighted by molar-refractivity contribution is 7.20. The summed E-state index contributed by atoms with van der Waals surface area (Å²) in [6.07, 6.45) is 0. The van der Waals surface area contributed by atoms with Crippen molar-refractivity contribution in [3.63, 3.8) is 0 Å². The van der Waals surface area contributed by atoms with E-state index in [4.69, 9.17) is 0 Å². The van der Waals surface area contributed by atoms with E-state index in [1.54, 1.807) is 0 Å². The highest BCUT2D eigenvalue weighted by atomic mass is 35.5. The molecule has 74 valence electrons. The number of carbonyl (C=O) groups is 1. The van der Waals surface area contributed by atoms with Crippen molar-refractivity contribution >= 4 is 39.8 Å². The Labute approximate surface area is 91.9 Å². The van der Waals surface area contributed by atoms with Gasteiger partial charge in [0.2, 0.25) is 0 Å². The number of esters is 1. The Morgan fingerprint density at radius 2 is 2.07 bits per heavy atom. The normalized spacial score (nSPS) is 9.50. The summed E-state index contributed by atoms with van der Waals surface area (Å²) in [6.45, 7) is 0. The molecule has 14 heavy (non-hydrogen) atoms. The average Bonchev–Trinajstić information content (AvgIpc) is 2.59. The van der Waals surface area contributed by atoms with E-state index in [1.165, 1.54) is 18.4 Å². The van der Waals surface area contributed by atoms with Gasteiger partial charge in [-0.2, -0.15) is 0 Å². The summed E-state index contributed by atoms with van der Waals surface area (Å²) in [5, 5.41) is 1.09. The number of benzene rings is 1. The van der Waals surface area contributed by atoms with Crippen LogP contribution in [0.3, 0.4) is 0 Å². The molecule has 1 aromatic heterocycles. The summed E-state index contributed by atoms with van der Waals surface area (Å²) in [5.74, 6) is -0.263. The average molecular weight is 229 g/mol. The van der Waals surface area contributed by atoms with Crippen LogP contribution >= 0.6 is 23.7 Å². The van der Waals surface area contributed by atoms with E-state index in [-0.39, 0.29) is 18.4 Å². The Bertz CT molecular complexity index is 417. The number of thiophene rings is 1. The lowest BCUT2D eigenvalue weighted by molar-refractivity contribution is 0.0606. The van der Waals surface area contributed by atoms with Crippen molar-refractivity contribution in [2.75, 3.05) is 7.11 Å². The van der Waals surface area contributed by atoms with E-state index >= 15 is 0 Å². The van der Waals surface area contributed by atoms with Crippen molar-refractivity contribution in [2.24, 2.45) is 0 Å². The quantitative estimate of drug-likeness (QED) is 0.701. The predicted octanol–water partition coefficient (Wildman–Crippen LogP) is 3.11. The number of methoxy groups -OCH3 is 1. The van der Waals surface area contributed by atoms with Crippen molar-refractivity contribution in [1.29, 1.82) is 0 Å². The minimum Gasteiger partial charge on any atom is -0.465 e. The lowest BCUT2D eigenvalue weighted by Gasteiger charge is -1.90. The van der Waals surface area contributed by atoms with Crippen molar-refractivity contribution in [3.8, 4) is 0 Å². The first-order valence-corrected chi connectivity index (χ1v) is 4.70. The molecular formula is C10H9ClO2S. The molecule has 0 bridgehead atoms. The second-order valence-corrected chi connectivity index (χ2v) is 3.72. The standard InChI is InChI=1S/C10H8O2S.ClH/c1-12-10(11)9-6-7-4-2-3-5-8(7)13-9;/h2-6H,1H3;1H. The van der Waals surface area contributed by atoms with E-state index < -0.39 is 0 Å². The van der Waals surface area contributed by atoms with Gasteiger partial charge in [0.1, 0.15) is 4.88 Å². The van der Waals surface area contributed by atoms with Crippen LogP contribution in [0.2, 0.25) is 0 Å². The molecule has 0 unspecified atom stereocenters. The molecule has 0 fully saturated rings. The molecule has 0 aliphatic carbocycles. The highest BCUT2D eigenvalue weighted by Crippen LogP contribution is 2.25. The highest BCUT2D eigenvalue weighted by Gasteiger charge is 2.08. The van der Waals surface area contributed by atoms with E-state index in [9.17, 15) is 4.79 Å². The molecule has 0 saturated heterocycles. The molecule has 0 radical (unpaired) electrons. The van der Waals surface area contributed by atoms with Crippen molar-refractivity contribution in [3.05, 3.63) is 35.2 Å². The van der Waals surface area contributed by atoms with Gasteiger partial charge in [-0.05, 0) is 17.5 Å². The fourth-order valence-corrected chi connectivity index (χ4v) is 2.16. The Balaban J connectivity index is 0.000000980. The van der Waals surface area contributed by atoms with Crippen LogP contribution in [-0.2, 0) is 4.74 Å². The minimum atomic E-state index is -0.263. The zero-order chi connectivity index (χ0) is 9.26. The van der Waals surface area contributed by atoms with Crippen LogP contribution < -0.4 is 0 Å². The van der Waals surface area contributed by atoms with Gasteiger partial charge in [0.05, 0.1) is 7.11 Å². The largest absolute Gasteiger partial charge is 0.465 e. The maximum absolute atomic E-state index is 11.2. The molecule has 0 aliphatic rings. The first-order valence-electron chi connectivity index (χ1n) is 3.88. The fraction of sp³-hybridized carbons (Fsp3) is 0.100. The van der Waals surface area contributed by atoms with Gasteiger partial charge in [0.15, 0.2) is 0 Å². The molecular weight excluding hydrogens is 220 g/mol. The van der Waals surface area contributed by atoms with Gasteiger partial charge in [0.25, 0.3) is 0 Å². The van der Waals surface area contributed by atoms with Crippen LogP contribution in [0.25, 0.3) is 10.1 Å². The monoisotopic (exact) mass is 228 g/mol. The number of ether oxygens (including phenoxy) is 1. The molecule has 0 saturated carbocycles. The van der Waals surface area contributed by atoms with Gasteiger partial charge in [-0.3, -0.25) is 0 Å². The summed E-state index contributed by atoms with van der Waals surface area (Å²) < 4.78 is 5.75. The van der Waals surface area contributed by atoms with Crippen LogP contribution in [0, 0.1) is 0 Å². The Kier molecular flexibility index (Phi) is 3.49. The van der Waals surface area contributed by atoms with Gasteiger partial charge in [-0.1, -0.05) is 18.2 Å². The summed E-state index contributed by atoms with van der Waals surface area (Å²) in [5.41, 5.74) is 0. The van der Waals surface area contributed by atoms with Crippen molar-refractivity contribution < 1.29 is 9.53 Å². The Hall–Kier alpha value is -1.06. The summed E-state index contributed by atoms with van der Waals surface area (Å²) >= 11 is 1.46. The lowest BCUT2D eigenvalue weighted by atomic mass is 10.2. The summed E-state index contributed by atoms with van der Waals surface area (Å²) in [6, 6.07) is 9.74. The fourth-order valence-electron chi connectivity index (χ4n) is 1.18. The zero-order valence-corrected chi connectivity index (χ0v) is 9.15. The molecule has 2 nitrogen and oxygen atoms in total. The molecule has 0 spiro atoms. The molecule has 2 aromatic rings. The zero-order valence-electron chi connectivity index (χ0n) is 7.52. The first kappa shape index (κ1) is 11.0. The number of fused-ring (bicyclic) bond motifs is 1. The number of hydrogen-bond donors (Lipinski definition) is 0. The lowest BCUT2D eigenvalue weighted by Crippen LogP contribution is -1.96. The Morgan fingerprint density at radius 1 is 1.36 bits per heavy atom. The molecule has 0 amide bonds. The van der Waals surface area contributed by atoms with Crippen LogP contribution in [-0.4, -0.2) is 13.1 Å². The van der Waals surface area contributed by atoms with Crippen LogP contribution in [0.15, 0.2) is 30.3 Å². The molecule has 0 atom stereocenters. The van der Waals surface area contributed by atoms with Gasteiger partial charge in [-0.15, -0.1) is 23.7 Å². The minimum absolute atomic E-state index is 0. The number of rotatable bonds is 1. The van der Waals surface area contributed by atoms with Crippen LogP contribution in [0.5, 0.6) is 0 Å². The molecule has 4 heteroatoms. The maximum atomic E-state index is 11.2. The molecule has 2 rings (SSSR count). The van der Waals surface area contributed by atoms with Crippen molar-refractivity contribution in [2.45, 2.75) is 0 Å². The second-order valence-electron chi connectivity index (χ2n) is 2.64. The van der Waals surface area contributed by atoms with E-state index in [0.717, 1.165) is 10.1 Å². The van der Waals surface area contributed by atoms with E-state index in [0.29, 0.717) is 4.88 Å². The molecule has 1 heterocycles. The van der Waals surface area contributed by atoms with Gasteiger partial charge in [-0.25, -0.2) is 4.79 Å². The third kappa shape index (κ3) is 1.89. The van der Waals surface area contributed by atoms with Gasteiger partial charge < -0.3 is 4.74 Å². The third-order valence-corrected chi connectivity index (χ3v) is 2.91. The predicted molar refractivity (Wildman–Crippen MR) is 60.4 cm³/mol. The first-order chi connectivity index (χ1) is 6.31. The third-order valence-electron chi connectivity index (χ3n) is 1.81. The second kappa shape index (κ2) is 4.44. The smallest absolute Gasteiger partial charge is 0.348 e.